The molecule has 1 aliphatic rings. The number of rotatable bonds is 5. The first-order valence-corrected chi connectivity index (χ1v) is 9.75. The van der Waals surface area contributed by atoms with Crippen molar-refractivity contribution in [3.05, 3.63) is 46.3 Å². The van der Waals surface area contributed by atoms with Crippen molar-refractivity contribution in [1.29, 1.82) is 0 Å². The zero-order valence-electron chi connectivity index (χ0n) is 14.6. The van der Waals surface area contributed by atoms with Crippen LogP contribution in [0, 0.1) is 10.1 Å². The van der Waals surface area contributed by atoms with Crippen LogP contribution in [-0.2, 0) is 17.1 Å². The number of hydrogen-bond donors (Lipinski definition) is 1. The predicted molar refractivity (Wildman–Crippen MR) is 96.7 cm³/mol. The highest BCUT2D eigenvalue weighted by Crippen LogP contribution is 2.35. The number of aryl methyl sites for hydroxylation is 1. The molecule has 0 amide bonds. The van der Waals surface area contributed by atoms with Crippen LogP contribution in [0.4, 0.5) is 11.4 Å². The number of nitrogens with zero attached hydrogens (tertiary/aromatic N) is 4. The molecule has 9 nitrogen and oxygen atoms in total. The lowest BCUT2D eigenvalue weighted by atomic mass is 9.91. The fourth-order valence-electron chi connectivity index (χ4n) is 3.31. The lowest BCUT2D eigenvalue weighted by Gasteiger charge is -2.33. The second-order valence-electron chi connectivity index (χ2n) is 6.32. The van der Waals surface area contributed by atoms with Gasteiger partial charge in [-0.3, -0.25) is 14.8 Å². The molecule has 0 atom stereocenters. The van der Waals surface area contributed by atoms with Crippen molar-refractivity contribution < 1.29 is 13.3 Å². The average Bonchev–Trinajstić information content (AvgIpc) is 3.07. The zero-order chi connectivity index (χ0) is 18.9. The number of nitrogens with one attached hydrogen (secondary N) is 1. The quantitative estimate of drug-likeness (QED) is 0.624. The average molecular weight is 379 g/mol. The van der Waals surface area contributed by atoms with Gasteiger partial charge in [-0.2, -0.15) is 5.10 Å². The van der Waals surface area contributed by atoms with E-state index in [0.29, 0.717) is 24.7 Å². The van der Waals surface area contributed by atoms with E-state index < -0.39 is 14.9 Å². The van der Waals surface area contributed by atoms with Crippen molar-refractivity contribution in [2.45, 2.75) is 23.7 Å². The van der Waals surface area contributed by atoms with Crippen LogP contribution in [0.15, 0.2) is 35.5 Å². The van der Waals surface area contributed by atoms with Gasteiger partial charge in [-0.1, -0.05) is 0 Å². The third kappa shape index (κ3) is 3.56. The zero-order valence-corrected chi connectivity index (χ0v) is 15.4. The number of hydrogen-bond acceptors (Lipinski definition) is 6. The van der Waals surface area contributed by atoms with Gasteiger partial charge in [-0.05, 0) is 43.5 Å². The molecule has 2 aromatic rings. The molecule has 2 heterocycles. The molecule has 1 saturated heterocycles. The van der Waals surface area contributed by atoms with E-state index in [0.717, 1.165) is 18.9 Å². The van der Waals surface area contributed by atoms with Crippen LogP contribution in [-0.4, -0.2) is 43.3 Å². The Morgan fingerprint density at radius 3 is 2.54 bits per heavy atom. The minimum Gasteiger partial charge on any atom is -0.366 e. The van der Waals surface area contributed by atoms with Gasteiger partial charge in [0.1, 0.15) is 5.69 Å². The van der Waals surface area contributed by atoms with Crippen molar-refractivity contribution in [3.63, 3.8) is 0 Å². The molecule has 10 heteroatoms. The summed E-state index contributed by atoms with van der Waals surface area (Å²) >= 11 is 0. The normalized spacial score (nSPS) is 16.0. The molecule has 3 rings (SSSR count). The second-order valence-corrected chi connectivity index (χ2v) is 8.21. The molecule has 0 spiro atoms. The van der Waals surface area contributed by atoms with Crippen molar-refractivity contribution >= 4 is 21.4 Å². The summed E-state index contributed by atoms with van der Waals surface area (Å²) in [6.45, 7) is 1.33. The van der Waals surface area contributed by atoms with Gasteiger partial charge in [0, 0.05) is 32.4 Å². The number of anilines is 1. The monoisotopic (exact) mass is 379 g/mol. The lowest BCUT2D eigenvalue weighted by molar-refractivity contribution is -0.384. The molecule has 26 heavy (non-hydrogen) atoms. The fourth-order valence-corrected chi connectivity index (χ4v) is 4.06. The number of sulfonamides is 1. The summed E-state index contributed by atoms with van der Waals surface area (Å²) in [7, 11) is -0.573. The molecule has 0 unspecified atom stereocenters. The standard InChI is InChI=1S/C16H21N5O4S/c1-17-26(24,25)14-3-4-15(16(9-14)21(22)23)20-7-5-12(6-8-20)13-10-18-19(2)11-13/h3-4,9-12,17H,5-8H2,1-2H3. The Labute approximate surface area is 151 Å². The highest BCUT2D eigenvalue weighted by molar-refractivity contribution is 7.89. The number of aromatic nitrogens is 2. The summed E-state index contributed by atoms with van der Waals surface area (Å²) in [5.41, 5.74) is 1.44. The summed E-state index contributed by atoms with van der Waals surface area (Å²) in [6.07, 6.45) is 5.58. The van der Waals surface area contributed by atoms with E-state index in [1.54, 1.807) is 4.68 Å². The van der Waals surface area contributed by atoms with Crippen molar-refractivity contribution in [1.82, 2.24) is 14.5 Å². The lowest BCUT2D eigenvalue weighted by Crippen LogP contribution is -2.33. The SMILES string of the molecule is CNS(=O)(=O)c1ccc(N2CCC(c3cnn(C)c3)CC2)c([N+](=O)[O-])c1. The molecule has 0 aliphatic carbocycles. The van der Waals surface area contributed by atoms with Crippen molar-refractivity contribution in [2.75, 3.05) is 25.0 Å². The molecule has 0 saturated carbocycles. The molecule has 1 aromatic heterocycles. The molecular formula is C16H21N5O4S. The Kier molecular flexibility index (Phi) is 4.97. The highest BCUT2D eigenvalue weighted by Gasteiger charge is 2.27. The van der Waals surface area contributed by atoms with Gasteiger partial charge in [0.2, 0.25) is 10.0 Å². The number of nitro benzene ring substituents is 1. The third-order valence-corrected chi connectivity index (χ3v) is 6.17. The van der Waals surface area contributed by atoms with E-state index >= 15 is 0 Å². The highest BCUT2D eigenvalue weighted by atomic mass is 32.2. The smallest absolute Gasteiger partial charge is 0.293 e. The van der Waals surface area contributed by atoms with E-state index in [1.165, 1.54) is 24.7 Å². The van der Waals surface area contributed by atoms with Gasteiger partial charge in [-0.25, -0.2) is 13.1 Å². The molecule has 0 radical (unpaired) electrons. The third-order valence-electron chi connectivity index (χ3n) is 4.75. The summed E-state index contributed by atoms with van der Waals surface area (Å²) in [5.74, 6) is 0.378. The maximum absolute atomic E-state index is 11.9. The van der Waals surface area contributed by atoms with Crippen LogP contribution < -0.4 is 9.62 Å². The Morgan fingerprint density at radius 2 is 2.00 bits per heavy atom. The molecule has 1 fully saturated rings. The Balaban J connectivity index is 1.82. The largest absolute Gasteiger partial charge is 0.366 e. The van der Waals surface area contributed by atoms with Gasteiger partial charge >= 0.3 is 0 Å². The molecular weight excluding hydrogens is 358 g/mol. The Hall–Kier alpha value is -2.46. The second kappa shape index (κ2) is 7.04. The minimum atomic E-state index is -3.73. The maximum atomic E-state index is 11.9. The Bertz CT molecular complexity index is 916. The molecule has 1 aromatic carbocycles. The first-order valence-electron chi connectivity index (χ1n) is 8.27. The van der Waals surface area contributed by atoms with Gasteiger partial charge in [-0.15, -0.1) is 0 Å². The van der Waals surface area contributed by atoms with Gasteiger partial charge < -0.3 is 4.90 Å². The van der Waals surface area contributed by atoms with Crippen LogP contribution >= 0.6 is 0 Å². The van der Waals surface area contributed by atoms with Gasteiger partial charge in [0.15, 0.2) is 0 Å². The van der Waals surface area contributed by atoms with E-state index in [9.17, 15) is 18.5 Å². The Morgan fingerprint density at radius 1 is 1.31 bits per heavy atom. The number of piperidine rings is 1. The van der Waals surface area contributed by atoms with E-state index in [-0.39, 0.29) is 10.6 Å². The van der Waals surface area contributed by atoms with Crippen LogP contribution in [0.2, 0.25) is 0 Å². The maximum Gasteiger partial charge on any atom is 0.293 e. The van der Waals surface area contributed by atoms with Crippen LogP contribution in [0.3, 0.4) is 0 Å². The summed E-state index contributed by atoms with van der Waals surface area (Å²) in [5, 5.41) is 15.7. The molecule has 140 valence electrons. The van der Waals surface area contributed by atoms with E-state index in [1.807, 2.05) is 24.3 Å². The molecule has 0 bridgehead atoms. The topological polar surface area (TPSA) is 110 Å². The van der Waals surface area contributed by atoms with E-state index in [4.69, 9.17) is 0 Å². The first kappa shape index (κ1) is 18.3. The fraction of sp³-hybridized carbons (Fsp3) is 0.438. The summed E-state index contributed by atoms with van der Waals surface area (Å²) in [4.78, 5) is 12.8. The van der Waals surface area contributed by atoms with Crippen LogP contribution in [0.5, 0.6) is 0 Å². The van der Waals surface area contributed by atoms with Crippen molar-refractivity contribution in [2.24, 2.45) is 7.05 Å². The van der Waals surface area contributed by atoms with Crippen LogP contribution in [0.25, 0.3) is 0 Å². The van der Waals surface area contributed by atoms with Crippen molar-refractivity contribution in [3.8, 4) is 0 Å². The van der Waals surface area contributed by atoms with Gasteiger partial charge in [0.05, 0.1) is 16.0 Å². The molecule has 1 aliphatic heterocycles. The van der Waals surface area contributed by atoms with Gasteiger partial charge in [0.25, 0.3) is 5.69 Å². The molecule has 1 N–H and O–H groups in total. The minimum absolute atomic E-state index is 0.110. The van der Waals surface area contributed by atoms with Crippen LogP contribution in [0.1, 0.15) is 24.3 Å². The summed E-state index contributed by atoms with van der Waals surface area (Å²) < 4.78 is 27.8. The summed E-state index contributed by atoms with van der Waals surface area (Å²) in [6, 6.07) is 4.04. The first-order chi connectivity index (χ1) is 12.3. The number of nitro groups is 1. The number of benzene rings is 1. The van der Waals surface area contributed by atoms with E-state index in [2.05, 4.69) is 9.82 Å². The predicted octanol–water partition coefficient (Wildman–Crippen LogP) is 1.62.